The van der Waals surface area contributed by atoms with E-state index in [1.54, 1.807) is 0 Å². The average Bonchev–Trinajstić information content (AvgIpc) is 2.53. The molecule has 0 atom stereocenters. The number of urea groups is 1. The van der Waals surface area contributed by atoms with Crippen LogP contribution >= 0.6 is 23.3 Å². The van der Waals surface area contributed by atoms with Crippen LogP contribution in [0.5, 0.6) is 0 Å². The highest BCUT2D eigenvalue weighted by Crippen LogP contribution is 2.27. The van der Waals surface area contributed by atoms with Crippen molar-refractivity contribution >= 4 is 44.7 Å². The van der Waals surface area contributed by atoms with Gasteiger partial charge >= 0.3 is 6.03 Å². The van der Waals surface area contributed by atoms with E-state index in [1.807, 2.05) is 18.2 Å². The van der Waals surface area contributed by atoms with E-state index in [1.165, 1.54) is 23.3 Å². The van der Waals surface area contributed by atoms with Crippen molar-refractivity contribution in [1.82, 2.24) is 9.71 Å². The molecule has 2 amide bonds. The second-order valence-corrected chi connectivity index (χ2v) is 4.69. The molecule has 0 spiro atoms. The number of hydrogen-bond donors (Lipinski definition) is 3. The molecule has 0 aliphatic rings. The number of carbonyl (C=O) groups is 1. The molecule has 7 heteroatoms. The number of rotatable bonds is 2. The standard InChI is InChI=1S/C8H8N4OS2/c9-7(13)12-15-4-1-2-5-6(3-4)14-8(10)11-5/h1-3H,(H2,10,11)(H3,9,12,13). The number of primary amides is 1. The molecule has 5 nitrogen and oxygen atoms in total. The third-order valence-electron chi connectivity index (χ3n) is 1.65. The van der Waals surface area contributed by atoms with Crippen molar-refractivity contribution in [1.29, 1.82) is 0 Å². The van der Waals surface area contributed by atoms with Crippen LogP contribution in [0.15, 0.2) is 23.1 Å². The molecular formula is C8H8N4OS2. The lowest BCUT2D eigenvalue weighted by atomic mass is 10.3. The molecule has 15 heavy (non-hydrogen) atoms. The maximum absolute atomic E-state index is 10.5. The lowest BCUT2D eigenvalue weighted by Gasteiger charge is -1.99. The third-order valence-corrected chi connectivity index (χ3v) is 3.29. The van der Waals surface area contributed by atoms with Crippen LogP contribution in [0, 0.1) is 0 Å². The molecule has 0 aliphatic heterocycles. The van der Waals surface area contributed by atoms with Gasteiger partial charge in [-0.05, 0) is 30.1 Å². The first-order valence-electron chi connectivity index (χ1n) is 4.03. The molecule has 0 saturated carbocycles. The predicted molar refractivity (Wildman–Crippen MR) is 62.6 cm³/mol. The van der Waals surface area contributed by atoms with Gasteiger partial charge in [0.15, 0.2) is 5.13 Å². The summed E-state index contributed by atoms with van der Waals surface area (Å²) in [5.41, 5.74) is 11.4. The molecule has 0 aliphatic carbocycles. The SMILES string of the molecule is NC(=O)NSc1ccc2nc(N)sc2c1. The van der Waals surface area contributed by atoms with Crippen LogP contribution in [0.3, 0.4) is 0 Å². The van der Waals surface area contributed by atoms with Crippen molar-refractivity contribution in [2.45, 2.75) is 4.90 Å². The maximum Gasteiger partial charge on any atom is 0.322 e. The molecule has 0 bridgehead atoms. The van der Waals surface area contributed by atoms with E-state index in [-0.39, 0.29) is 0 Å². The van der Waals surface area contributed by atoms with Gasteiger partial charge in [-0.3, -0.25) is 4.72 Å². The molecule has 2 rings (SSSR count). The number of nitrogen functional groups attached to an aromatic ring is 1. The number of amides is 2. The quantitative estimate of drug-likeness (QED) is 0.694. The van der Waals surface area contributed by atoms with E-state index in [0.717, 1.165) is 15.1 Å². The number of aromatic nitrogens is 1. The fourth-order valence-electron chi connectivity index (χ4n) is 1.10. The number of hydrogen-bond acceptors (Lipinski definition) is 5. The Kier molecular flexibility index (Phi) is 2.65. The van der Waals surface area contributed by atoms with Crippen LogP contribution in [0.1, 0.15) is 0 Å². The van der Waals surface area contributed by atoms with E-state index in [2.05, 4.69) is 9.71 Å². The summed E-state index contributed by atoms with van der Waals surface area (Å²) >= 11 is 2.58. The van der Waals surface area contributed by atoms with E-state index in [9.17, 15) is 4.79 Å². The second kappa shape index (κ2) is 3.95. The van der Waals surface area contributed by atoms with Gasteiger partial charge in [0, 0.05) is 4.90 Å². The smallest absolute Gasteiger partial charge is 0.322 e. The molecule has 0 radical (unpaired) electrons. The zero-order valence-corrected chi connectivity index (χ0v) is 9.19. The Balaban J connectivity index is 2.26. The molecule has 0 unspecified atom stereocenters. The van der Waals surface area contributed by atoms with Gasteiger partial charge in [-0.15, -0.1) is 0 Å². The summed E-state index contributed by atoms with van der Waals surface area (Å²) in [4.78, 5) is 15.5. The molecule has 0 saturated heterocycles. The van der Waals surface area contributed by atoms with E-state index >= 15 is 0 Å². The lowest BCUT2D eigenvalue weighted by molar-refractivity contribution is 0.254. The number of anilines is 1. The first-order chi connectivity index (χ1) is 7.15. The predicted octanol–water partition coefficient (Wildman–Crippen LogP) is 1.55. The molecule has 1 aromatic heterocycles. The van der Waals surface area contributed by atoms with Gasteiger partial charge in [0.1, 0.15) is 0 Å². The van der Waals surface area contributed by atoms with Crippen molar-refractivity contribution in [3.05, 3.63) is 18.2 Å². The number of benzene rings is 1. The fourth-order valence-corrected chi connectivity index (χ4v) is 2.47. The van der Waals surface area contributed by atoms with Crippen LogP contribution in [-0.2, 0) is 0 Å². The van der Waals surface area contributed by atoms with Gasteiger partial charge in [0.05, 0.1) is 10.2 Å². The molecule has 0 fully saturated rings. The highest BCUT2D eigenvalue weighted by molar-refractivity contribution is 7.98. The topological polar surface area (TPSA) is 94.0 Å². The number of nitrogens with two attached hydrogens (primary N) is 2. The summed E-state index contributed by atoms with van der Waals surface area (Å²) in [6.45, 7) is 0. The molecule has 78 valence electrons. The number of carbonyl (C=O) groups excluding carboxylic acids is 1. The Morgan fingerprint density at radius 2 is 2.33 bits per heavy atom. The van der Waals surface area contributed by atoms with Crippen LogP contribution in [0.2, 0.25) is 0 Å². The van der Waals surface area contributed by atoms with Crippen molar-refractivity contribution in [3.63, 3.8) is 0 Å². The molecule has 2 aromatic rings. The highest BCUT2D eigenvalue weighted by atomic mass is 32.2. The van der Waals surface area contributed by atoms with E-state index < -0.39 is 6.03 Å². The van der Waals surface area contributed by atoms with Crippen LogP contribution in [0.4, 0.5) is 9.93 Å². The maximum atomic E-state index is 10.5. The molecular weight excluding hydrogens is 232 g/mol. The third kappa shape index (κ3) is 2.31. The lowest BCUT2D eigenvalue weighted by Crippen LogP contribution is -2.22. The van der Waals surface area contributed by atoms with Crippen molar-refractivity contribution in [2.24, 2.45) is 5.73 Å². The van der Waals surface area contributed by atoms with Crippen LogP contribution in [0.25, 0.3) is 10.2 Å². The van der Waals surface area contributed by atoms with Gasteiger partial charge in [-0.25, -0.2) is 9.78 Å². The Labute approximate surface area is 94.0 Å². The minimum Gasteiger partial charge on any atom is -0.375 e. The van der Waals surface area contributed by atoms with Gasteiger partial charge in [-0.1, -0.05) is 11.3 Å². The van der Waals surface area contributed by atoms with Crippen molar-refractivity contribution in [2.75, 3.05) is 5.73 Å². The number of nitrogens with one attached hydrogen (secondary N) is 1. The van der Waals surface area contributed by atoms with Crippen LogP contribution in [-0.4, -0.2) is 11.0 Å². The molecule has 1 heterocycles. The van der Waals surface area contributed by atoms with Crippen LogP contribution < -0.4 is 16.2 Å². The summed E-state index contributed by atoms with van der Waals surface area (Å²) in [6.07, 6.45) is 0. The Bertz CT molecular complexity index is 510. The zero-order chi connectivity index (χ0) is 10.8. The Hall–Kier alpha value is -1.47. The average molecular weight is 240 g/mol. The molecule has 1 aromatic carbocycles. The zero-order valence-electron chi connectivity index (χ0n) is 7.56. The fraction of sp³-hybridized carbons (Fsp3) is 0. The summed E-state index contributed by atoms with van der Waals surface area (Å²) in [7, 11) is 0. The number of fused-ring (bicyclic) bond motifs is 1. The first kappa shape index (κ1) is 10.1. The van der Waals surface area contributed by atoms with E-state index in [0.29, 0.717) is 5.13 Å². The Morgan fingerprint density at radius 1 is 1.53 bits per heavy atom. The minimum absolute atomic E-state index is 0.537. The summed E-state index contributed by atoms with van der Waals surface area (Å²) in [5.74, 6) is 0. The number of thiazole rings is 1. The van der Waals surface area contributed by atoms with Gasteiger partial charge in [0.25, 0.3) is 0 Å². The highest BCUT2D eigenvalue weighted by Gasteiger charge is 2.03. The summed E-state index contributed by atoms with van der Waals surface area (Å²) < 4.78 is 3.43. The summed E-state index contributed by atoms with van der Waals surface area (Å²) in [5, 5.41) is 0.537. The second-order valence-electron chi connectivity index (χ2n) is 2.75. The normalized spacial score (nSPS) is 10.4. The molecule has 5 N–H and O–H groups in total. The number of nitrogens with zero attached hydrogens (tertiary/aromatic N) is 1. The van der Waals surface area contributed by atoms with Crippen molar-refractivity contribution in [3.8, 4) is 0 Å². The monoisotopic (exact) mass is 240 g/mol. The summed E-state index contributed by atoms with van der Waals surface area (Å²) in [6, 6.07) is 5.04. The van der Waals surface area contributed by atoms with Gasteiger partial charge < -0.3 is 11.5 Å². The largest absolute Gasteiger partial charge is 0.375 e. The van der Waals surface area contributed by atoms with Gasteiger partial charge in [0.2, 0.25) is 0 Å². The van der Waals surface area contributed by atoms with Gasteiger partial charge in [-0.2, -0.15) is 0 Å². The van der Waals surface area contributed by atoms with E-state index in [4.69, 9.17) is 11.5 Å². The van der Waals surface area contributed by atoms with Crippen molar-refractivity contribution < 1.29 is 4.79 Å². The first-order valence-corrected chi connectivity index (χ1v) is 5.67. The Morgan fingerprint density at radius 3 is 3.07 bits per heavy atom. The minimum atomic E-state index is -0.566.